The minimum absolute atomic E-state index is 0.158. The van der Waals surface area contributed by atoms with Gasteiger partial charge >= 0.3 is 0 Å². The van der Waals surface area contributed by atoms with Crippen molar-refractivity contribution >= 4 is 23.5 Å². The maximum absolute atomic E-state index is 6.33. The summed E-state index contributed by atoms with van der Waals surface area (Å²) in [5.74, 6) is 5.59. The molecule has 4 atom stereocenters. The summed E-state index contributed by atoms with van der Waals surface area (Å²) in [5, 5.41) is 0. The van der Waals surface area contributed by atoms with E-state index in [0.717, 1.165) is 30.6 Å². The van der Waals surface area contributed by atoms with E-state index in [1.165, 1.54) is 24.3 Å². The van der Waals surface area contributed by atoms with Crippen LogP contribution in [0.4, 0.5) is 0 Å². The lowest BCUT2D eigenvalue weighted by atomic mass is 9.99. The number of rotatable bonds is 2. The zero-order chi connectivity index (χ0) is 12.2. The van der Waals surface area contributed by atoms with Crippen molar-refractivity contribution in [2.45, 2.75) is 31.2 Å². The molecule has 3 saturated heterocycles. The normalized spacial score (nSPS) is 42.7. The van der Waals surface area contributed by atoms with Gasteiger partial charge in [-0.2, -0.15) is 23.5 Å². The molecule has 0 bridgehead atoms. The third-order valence-electron chi connectivity index (χ3n) is 3.89. The van der Waals surface area contributed by atoms with Gasteiger partial charge in [0.15, 0.2) is 0 Å². The van der Waals surface area contributed by atoms with Crippen LogP contribution >= 0.6 is 23.5 Å². The summed E-state index contributed by atoms with van der Waals surface area (Å²) in [5.41, 5.74) is 0. The van der Waals surface area contributed by atoms with E-state index in [0.29, 0.717) is 12.7 Å². The molecule has 0 aromatic carbocycles. The van der Waals surface area contributed by atoms with Gasteiger partial charge in [-0.15, -0.1) is 0 Å². The van der Waals surface area contributed by atoms with Gasteiger partial charge in [0.05, 0.1) is 32.0 Å². The van der Waals surface area contributed by atoms with Crippen LogP contribution in [0, 0.1) is 5.92 Å². The Labute approximate surface area is 118 Å². The summed E-state index contributed by atoms with van der Waals surface area (Å²) < 4.78 is 17.6. The molecule has 3 rings (SSSR count). The first-order chi connectivity index (χ1) is 8.93. The minimum Gasteiger partial charge on any atom is -0.376 e. The van der Waals surface area contributed by atoms with E-state index >= 15 is 0 Å². The van der Waals surface area contributed by atoms with Crippen LogP contribution in [0.15, 0.2) is 0 Å². The third kappa shape index (κ3) is 3.37. The minimum atomic E-state index is 0.158. The van der Waals surface area contributed by atoms with Crippen molar-refractivity contribution in [3.63, 3.8) is 0 Å². The predicted octanol–water partition coefficient (Wildman–Crippen LogP) is 2.05. The second-order valence-corrected chi connectivity index (χ2v) is 7.44. The molecule has 3 aliphatic heterocycles. The van der Waals surface area contributed by atoms with Gasteiger partial charge in [0.25, 0.3) is 0 Å². The molecule has 0 saturated carbocycles. The van der Waals surface area contributed by atoms with E-state index in [1.54, 1.807) is 0 Å². The molecule has 5 heteroatoms. The Balaban J connectivity index is 1.53. The van der Waals surface area contributed by atoms with Crippen LogP contribution in [-0.4, -0.2) is 61.1 Å². The standard InChI is InChI=1S/C13H22O3S2/c1-2-10(7-17-5-1)12-8-18-9-13(16-12)11-6-14-3-4-15-11/h10-13H,1-9H2. The number of hydrogen-bond acceptors (Lipinski definition) is 5. The molecule has 0 aliphatic carbocycles. The largest absolute Gasteiger partial charge is 0.376 e. The van der Waals surface area contributed by atoms with Crippen molar-refractivity contribution in [1.29, 1.82) is 0 Å². The zero-order valence-corrected chi connectivity index (χ0v) is 12.3. The quantitative estimate of drug-likeness (QED) is 0.776. The van der Waals surface area contributed by atoms with E-state index in [2.05, 4.69) is 11.8 Å². The van der Waals surface area contributed by atoms with Gasteiger partial charge in [-0.3, -0.25) is 0 Å². The first kappa shape index (κ1) is 13.6. The summed E-state index contributed by atoms with van der Waals surface area (Å²) in [7, 11) is 0. The molecule has 0 aromatic heterocycles. The zero-order valence-electron chi connectivity index (χ0n) is 10.7. The molecule has 3 nitrogen and oxygen atoms in total. The predicted molar refractivity (Wildman–Crippen MR) is 76.6 cm³/mol. The Hall–Kier alpha value is 0.580. The molecule has 0 radical (unpaired) electrons. The van der Waals surface area contributed by atoms with Gasteiger partial charge in [-0.05, 0) is 30.3 Å². The number of thioether (sulfide) groups is 2. The van der Waals surface area contributed by atoms with E-state index in [1.807, 2.05) is 11.8 Å². The van der Waals surface area contributed by atoms with Crippen LogP contribution in [-0.2, 0) is 14.2 Å². The summed E-state index contributed by atoms with van der Waals surface area (Å²) >= 11 is 4.12. The van der Waals surface area contributed by atoms with Gasteiger partial charge < -0.3 is 14.2 Å². The van der Waals surface area contributed by atoms with Crippen LogP contribution in [0.25, 0.3) is 0 Å². The topological polar surface area (TPSA) is 27.7 Å². The number of hydrogen-bond donors (Lipinski definition) is 0. The fraction of sp³-hybridized carbons (Fsp3) is 1.00. The summed E-state index contributed by atoms with van der Waals surface area (Å²) in [6, 6.07) is 0. The Kier molecular flexibility index (Phi) is 5.15. The first-order valence-corrected chi connectivity index (χ1v) is 9.25. The monoisotopic (exact) mass is 290 g/mol. The highest BCUT2D eigenvalue weighted by molar-refractivity contribution is 7.99. The lowest BCUT2D eigenvalue weighted by molar-refractivity contribution is -0.159. The molecule has 3 fully saturated rings. The molecule has 3 aliphatic rings. The Morgan fingerprint density at radius 2 is 1.83 bits per heavy atom. The highest BCUT2D eigenvalue weighted by Gasteiger charge is 2.35. The fourth-order valence-corrected chi connectivity index (χ4v) is 5.29. The Morgan fingerprint density at radius 3 is 2.61 bits per heavy atom. The first-order valence-electron chi connectivity index (χ1n) is 6.94. The molecule has 0 amide bonds. The van der Waals surface area contributed by atoms with Gasteiger partial charge in [0.2, 0.25) is 0 Å². The highest BCUT2D eigenvalue weighted by atomic mass is 32.2. The van der Waals surface area contributed by atoms with Crippen LogP contribution < -0.4 is 0 Å². The number of ether oxygens (including phenoxy) is 3. The SMILES string of the molecule is C1CSCC(C2CSCC(C3COCCO3)O2)C1. The Bertz CT molecular complexity index is 229. The summed E-state index contributed by atoms with van der Waals surface area (Å²) in [6.45, 7) is 2.16. The molecule has 4 unspecified atom stereocenters. The molecule has 104 valence electrons. The van der Waals surface area contributed by atoms with Crippen LogP contribution in [0.5, 0.6) is 0 Å². The maximum atomic E-state index is 6.33. The third-order valence-corrected chi connectivity index (χ3v) is 6.26. The van der Waals surface area contributed by atoms with Crippen molar-refractivity contribution in [1.82, 2.24) is 0 Å². The van der Waals surface area contributed by atoms with Crippen molar-refractivity contribution in [3.8, 4) is 0 Å². The van der Waals surface area contributed by atoms with Gasteiger partial charge in [0, 0.05) is 11.5 Å². The maximum Gasteiger partial charge on any atom is 0.108 e. The lowest BCUT2D eigenvalue weighted by Gasteiger charge is -2.39. The Morgan fingerprint density at radius 1 is 0.889 bits per heavy atom. The van der Waals surface area contributed by atoms with Crippen LogP contribution in [0.2, 0.25) is 0 Å². The van der Waals surface area contributed by atoms with Crippen LogP contribution in [0.1, 0.15) is 12.8 Å². The molecule has 0 N–H and O–H groups in total. The van der Waals surface area contributed by atoms with E-state index in [-0.39, 0.29) is 12.2 Å². The average Bonchev–Trinajstić information content (AvgIpc) is 2.49. The van der Waals surface area contributed by atoms with Gasteiger partial charge in [-0.25, -0.2) is 0 Å². The highest BCUT2D eigenvalue weighted by Crippen LogP contribution is 2.33. The summed E-state index contributed by atoms with van der Waals surface area (Å²) in [6.07, 6.45) is 3.53. The van der Waals surface area contributed by atoms with Gasteiger partial charge in [0.1, 0.15) is 6.10 Å². The van der Waals surface area contributed by atoms with E-state index in [4.69, 9.17) is 14.2 Å². The molecule has 0 aromatic rings. The summed E-state index contributed by atoms with van der Waals surface area (Å²) in [4.78, 5) is 0. The van der Waals surface area contributed by atoms with E-state index < -0.39 is 0 Å². The van der Waals surface area contributed by atoms with Crippen molar-refractivity contribution in [2.75, 3.05) is 42.8 Å². The molecular formula is C13H22O3S2. The second kappa shape index (κ2) is 6.84. The fourth-order valence-electron chi connectivity index (χ4n) is 2.83. The van der Waals surface area contributed by atoms with E-state index in [9.17, 15) is 0 Å². The van der Waals surface area contributed by atoms with Crippen molar-refractivity contribution in [3.05, 3.63) is 0 Å². The average molecular weight is 290 g/mol. The smallest absolute Gasteiger partial charge is 0.108 e. The molecule has 18 heavy (non-hydrogen) atoms. The van der Waals surface area contributed by atoms with Crippen LogP contribution in [0.3, 0.4) is 0 Å². The van der Waals surface area contributed by atoms with Crippen molar-refractivity contribution in [2.24, 2.45) is 5.92 Å². The molecule has 0 spiro atoms. The second-order valence-electron chi connectivity index (χ2n) is 5.21. The van der Waals surface area contributed by atoms with Gasteiger partial charge in [-0.1, -0.05) is 0 Å². The lowest BCUT2D eigenvalue weighted by Crippen LogP contribution is -2.48. The molecule has 3 heterocycles. The molecular weight excluding hydrogens is 268 g/mol. The van der Waals surface area contributed by atoms with Crippen molar-refractivity contribution < 1.29 is 14.2 Å².